The summed E-state index contributed by atoms with van der Waals surface area (Å²) in [6.45, 7) is 2.18. The molecule has 1 fully saturated rings. The van der Waals surface area contributed by atoms with Crippen molar-refractivity contribution in [2.45, 2.75) is 44.9 Å². The first kappa shape index (κ1) is 9.95. The van der Waals surface area contributed by atoms with Crippen LogP contribution in [0.5, 0.6) is 0 Å². The molecule has 3 rings (SSSR count). The average molecular weight is 213 g/mol. The quantitative estimate of drug-likeness (QED) is 0.716. The monoisotopic (exact) mass is 213 g/mol. The lowest BCUT2D eigenvalue weighted by atomic mass is 9.84. The molecule has 0 radical (unpaired) electrons. The van der Waals surface area contributed by atoms with Gasteiger partial charge in [-0.05, 0) is 36.8 Å². The van der Waals surface area contributed by atoms with E-state index in [0.29, 0.717) is 0 Å². The zero-order valence-corrected chi connectivity index (χ0v) is 9.92. The fourth-order valence-electron chi connectivity index (χ4n) is 3.08. The van der Waals surface area contributed by atoms with Gasteiger partial charge < -0.3 is 4.98 Å². The molecule has 0 aliphatic heterocycles. The molecule has 0 saturated heterocycles. The molecule has 1 heteroatoms. The summed E-state index contributed by atoms with van der Waals surface area (Å²) in [5, 5.41) is 1.45. The predicted octanol–water partition coefficient (Wildman–Crippen LogP) is 4.52. The summed E-state index contributed by atoms with van der Waals surface area (Å²) in [5.41, 5.74) is 4.25. The summed E-state index contributed by atoms with van der Waals surface area (Å²) in [5.74, 6) is 0.796. The first-order valence-electron chi connectivity index (χ1n) is 6.43. The smallest absolute Gasteiger partial charge is 0.0486 e. The molecule has 1 nitrogen and oxygen atoms in total. The van der Waals surface area contributed by atoms with Gasteiger partial charge in [-0.25, -0.2) is 0 Å². The van der Waals surface area contributed by atoms with Gasteiger partial charge in [0.05, 0.1) is 0 Å². The van der Waals surface area contributed by atoms with Crippen LogP contribution in [0.1, 0.15) is 49.1 Å². The number of aromatic nitrogens is 1. The van der Waals surface area contributed by atoms with Gasteiger partial charge in [-0.3, -0.25) is 0 Å². The van der Waals surface area contributed by atoms with Crippen molar-refractivity contribution >= 4 is 10.9 Å². The Morgan fingerprint density at radius 3 is 2.75 bits per heavy atom. The Balaban J connectivity index is 2.06. The molecule has 1 saturated carbocycles. The van der Waals surface area contributed by atoms with Gasteiger partial charge >= 0.3 is 0 Å². The average Bonchev–Trinajstić information content (AvgIpc) is 2.75. The number of aromatic amines is 1. The maximum Gasteiger partial charge on any atom is 0.0486 e. The fourth-order valence-corrected chi connectivity index (χ4v) is 3.08. The summed E-state index contributed by atoms with van der Waals surface area (Å²) in [6, 6.07) is 6.63. The van der Waals surface area contributed by atoms with Crippen molar-refractivity contribution in [1.82, 2.24) is 4.98 Å². The number of benzene rings is 1. The van der Waals surface area contributed by atoms with Crippen LogP contribution in [0, 0.1) is 6.92 Å². The van der Waals surface area contributed by atoms with Gasteiger partial charge in [0.15, 0.2) is 0 Å². The molecule has 1 aliphatic rings. The minimum Gasteiger partial charge on any atom is -0.361 e. The van der Waals surface area contributed by atoms with Crippen LogP contribution in [0.2, 0.25) is 0 Å². The highest BCUT2D eigenvalue weighted by atomic mass is 14.7. The Morgan fingerprint density at radius 1 is 1.12 bits per heavy atom. The summed E-state index contributed by atoms with van der Waals surface area (Å²) in [4.78, 5) is 3.45. The van der Waals surface area contributed by atoms with E-state index in [4.69, 9.17) is 0 Å². The summed E-state index contributed by atoms with van der Waals surface area (Å²) >= 11 is 0. The molecule has 1 N–H and O–H groups in total. The van der Waals surface area contributed by atoms with Crippen molar-refractivity contribution in [3.63, 3.8) is 0 Å². The van der Waals surface area contributed by atoms with Crippen LogP contribution in [0.3, 0.4) is 0 Å². The third-order valence-electron chi connectivity index (χ3n) is 4.00. The van der Waals surface area contributed by atoms with E-state index in [9.17, 15) is 0 Å². The molecule has 84 valence electrons. The third kappa shape index (κ3) is 1.55. The number of hydrogen-bond donors (Lipinski definition) is 1. The Hall–Kier alpha value is -1.24. The number of aryl methyl sites for hydroxylation is 1. The molecule has 1 heterocycles. The number of hydrogen-bond acceptors (Lipinski definition) is 0. The van der Waals surface area contributed by atoms with Gasteiger partial charge in [-0.15, -0.1) is 0 Å². The molecule has 16 heavy (non-hydrogen) atoms. The van der Waals surface area contributed by atoms with Crippen LogP contribution in [0.25, 0.3) is 10.9 Å². The van der Waals surface area contributed by atoms with Crippen molar-refractivity contribution in [1.29, 1.82) is 0 Å². The van der Waals surface area contributed by atoms with Gasteiger partial charge in [0.2, 0.25) is 0 Å². The molecule has 0 amide bonds. The van der Waals surface area contributed by atoms with Crippen LogP contribution in [-0.4, -0.2) is 4.98 Å². The zero-order chi connectivity index (χ0) is 11.0. The van der Waals surface area contributed by atoms with Crippen molar-refractivity contribution in [3.8, 4) is 0 Å². The SMILES string of the molecule is Cc1cccc2c(C3CCCCC3)c[nH]c12. The maximum absolute atomic E-state index is 3.45. The lowest BCUT2D eigenvalue weighted by Gasteiger charge is -2.21. The molecule has 0 bridgehead atoms. The Morgan fingerprint density at radius 2 is 1.94 bits per heavy atom. The number of rotatable bonds is 1. The molecule has 0 atom stereocenters. The van der Waals surface area contributed by atoms with E-state index in [1.54, 1.807) is 5.56 Å². The number of nitrogens with one attached hydrogen (secondary N) is 1. The van der Waals surface area contributed by atoms with Crippen molar-refractivity contribution in [2.24, 2.45) is 0 Å². The van der Waals surface area contributed by atoms with Crippen molar-refractivity contribution in [2.75, 3.05) is 0 Å². The summed E-state index contributed by atoms with van der Waals surface area (Å²) in [6.07, 6.45) is 9.24. The van der Waals surface area contributed by atoms with E-state index in [0.717, 1.165) is 5.92 Å². The van der Waals surface area contributed by atoms with Crippen LogP contribution >= 0.6 is 0 Å². The van der Waals surface area contributed by atoms with E-state index >= 15 is 0 Å². The number of fused-ring (bicyclic) bond motifs is 1. The molecular formula is C15H19N. The van der Waals surface area contributed by atoms with Gasteiger partial charge in [0.25, 0.3) is 0 Å². The Bertz CT molecular complexity index is 489. The van der Waals surface area contributed by atoms with Crippen molar-refractivity contribution in [3.05, 3.63) is 35.5 Å². The summed E-state index contributed by atoms with van der Waals surface area (Å²) < 4.78 is 0. The molecule has 1 aromatic carbocycles. The van der Waals surface area contributed by atoms with Crippen LogP contribution in [-0.2, 0) is 0 Å². The standard InChI is InChI=1S/C15H19N/c1-11-6-5-9-13-14(10-16-15(11)13)12-7-3-2-4-8-12/h5-6,9-10,12,16H,2-4,7-8H2,1H3. The highest BCUT2D eigenvalue weighted by Crippen LogP contribution is 2.36. The first-order valence-corrected chi connectivity index (χ1v) is 6.43. The molecular weight excluding hydrogens is 194 g/mol. The van der Waals surface area contributed by atoms with Gasteiger partial charge in [-0.2, -0.15) is 0 Å². The first-order chi connectivity index (χ1) is 7.86. The Kier molecular flexibility index (Phi) is 2.47. The second-order valence-corrected chi connectivity index (χ2v) is 5.08. The predicted molar refractivity (Wildman–Crippen MR) is 68.9 cm³/mol. The molecule has 0 spiro atoms. The number of para-hydroxylation sites is 1. The van der Waals surface area contributed by atoms with Crippen LogP contribution in [0.15, 0.2) is 24.4 Å². The second kappa shape index (κ2) is 3.97. The van der Waals surface area contributed by atoms with Gasteiger partial charge in [-0.1, -0.05) is 37.5 Å². The minimum absolute atomic E-state index is 0.796. The fraction of sp³-hybridized carbons (Fsp3) is 0.467. The highest BCUT2D eigenvalue weighted by Gasteiger charge is 2.18. The minimum atomic E-state index is 0.796. The van der Waals surface area contributed by atoms with E-state index < -0.39 is 0 Å². The van der Waals surface area contributed by atoms with Gasteiger partial charge in [0.1, 0.15) is 0 Å². The van der Waals surface area contributed by atoms with E-state index in [-0.39, 0.29) is 0 Å². The molecule has 0 unspecified atom stereocenters. The molecule has 1 aliphatic carbocycles. The summed E-state index contributed by atoms with van der Waals surface area (Å²) in [7, 11) is 0. The van der Waals surface area contributed by atoms with Gasteiger partial charge in [0, 0.05) is 17.1 Å². The molecule has 1 aromatic heterocycles. The second-order valence-electron chi connectivity index (χ2n) is 5.08. The maximum atomic E-state index is 3.45. The van der Waals surface area contributed by atoms with Crippen LogP contribution < -0.4 is 0 Å². The van der Waals surface area contributed by atoms with Crippen LogP contribution in [0.4, 0.5) is 0 Å². The van der Waals surface area contributed by atoms with E-state index in [1.165, 1.54) is 48.6 Å². The normalized spacial score (nSPS) is 18.1. The Labute approximate surface area is 96.9 Å². The lowest BCUT2D eigenvalue weighted by Crippen LogP contribution is -2.03. The van der Waals surface area contributed by atoms with E-state index in [1.807, 2.05) is 0 Å². The van der Waals surface area contributed by atoms with E-state index in [2.05, 4.69) is 36.3 Å². The zero-order valence-electron chi connectivity index (χ0n) is 9.92. The lowest BCUT2D eigenvalue weighted by molar-refractivity contribution is 0.445. The van der Waals surface area contributed by atoms with Crippen molar-refractivity contribution < 1.29 is 0 Å². The number of H-pyrrole nitrogens is 1. The molecule has 2 aromatic rings. The topological polar surface area (TPSA) is 15.8 Å². The highest BCUT2D eigenvalue weighted by molar-refractivity contribution is 5.86. The third-order valence-corrected chi connectivity index (χ3v) is 4.00. The largest absolute Gasteiger partial charge is 0.361 e.